The van der Waals surface area contributed by atoms with E-state index in [0.717, 1.165) is 25.8 Å². The summed E-state index contributed by atoms with van der Waals surface area (Å²) in [6.07, 6.45) is 3.21. The summed E-state index contributed by atoms with van der Waals surface area (Å²) < 4.78 is 0. The summed E-state index contributed by atoms with van der Waals surface area (Å²) >= 11 is 0. The van der Waals surface area contributed by atoms with Crippen molar-refractivity contribution in [2.45, 2.75) is 37.3 Å². The van der Waals surface area contributed by atoms with Gasteiger partial charge in [-0.25, -0.2) is 0 Å². The van der Waals surface area contributed by atoms with E-state index >= 15 is 0 Å². The van der Waals surface area contributed by atoms with Crippen LogP contribution in [-0.4, -0.2) is 28.6 Å². The van der Waals surface area contributed by atoms with Crippen molar-refractivity contribution in [3.8, 4) is 0 Å². The number of nitrogens with zero attached hydrogens (tertiary/aromatic N) is 1. The lowest BCUT2D eigenvalue weighted by atomic mass is 9.73. The zero-order valence-corrected chi connectivity index (χ0v) is 16.6. The minimum absolute atomic E-state index is 0.0122. The van der Waals surface area contributed by atoms with Gasteiger partial charge in [-0.1, -0.05) is 97.4 Å². The van der Waals surface area contributed by atoms with Crippen molar-refractivity contribution in [2.24, 2.45) is 0 Å². The molecule has 1 aliphatic heterocycles. The monoisotopic (exact) mass is 385 g/mol. The van der Waals surface area contributed by atoms with E-state index in [4.69, 9.17) is 0 Å². The van der Waals surface area contributed by atoms with E-state index in [1.807, 2.05) is 18.2 Å². The number of hydrogen-bond acceptors (Lipinski definition) is 2. The Labute approximate surface area is 172 Å². The summed E-state index contributed by atoms with van der Waals surface area (Å²) in [4.78, 5) is 14.2. The van der Waals surface area contributed by atoms with Gasteiger partial charge in [-0.15, -0.1) is 0 Å². The highest BCUT2D eigenvalue weighted by Crippen LogP contribution is 2.45. The number of aliphatic carboxylic acids is 1. The van der Waals surface area contributed by atoms with Crippen molar-refractivity contribution in [3.63, 3.8) is 0 Å². The molecule has 3 aromatic carbocycles. The minimum Gasteiger partial charge on any atom is -0.481 e. The molecule has 0 bridgehead atoms. The van der Waals surface area contributed by atoms with E-state index in [2.05, 4.69) is 77.7 Å². The van der Waals surface area contributed by atoms with Gasteiger partial charge in [0.1, 0.15) is 0 Å². The molecule has 0 radical (unpaired) electrons. The third kappa shape index (κ3) is 3.70. The molecule has 29 heavy (non-hydrogen) atoms. The first kappa shape index (κ1) is 19.4. The first-order valence-corrected chi connectivity index (χ1v) is 10.4. The highest BCUT2D eigenvalue weighted by Gasteiger charge is 2.46. The molecule has 0 saturated carbocycles. The predicted molar refractivity (Wildman–Crippen MR) is 116 cm³/mol. The largest absolute Gasteiger partial charge is 0.481 e. The number of carboxylic acid groups (broad SMARTS) is 1. The molecule has 1 saturated heterocycles. The van der Waals surface area contributed by atoms with Crippen molar-refractivity contribution >= 4 is 5.97 Å². The van der Waals surface area contributed by atoms with Crippen LogP contribution >= 0.6 is 0 Å². The van der Waals surface area contributed by atoms with Crippen molar-refractivity contribution in [1.29, 1.82) is 0 Å². The van der Waals surface area contributed by atoms with E-state index in [0.29, 0.717) is 0 Å². The van der Waals surface area contributed by atoms with Crippen LogP contribution in [0, 0.1) is 0 Å². The summed E-state index contributed by atoms with van der Waals surface area (Å²) in [7, 11) is 0. The molecule has 148 valence electrons. The number of likely N-dealkylation sites (tertiary alicyclic amines) is 1. The number of carboxylic acids is 1. The predicted octanol–water partition coefficient (Wildman–Crippen LogP) is 5.31. The second kappa shape index (κ2) is 8.62. The lowest BCUT2D eigenvalue weighted by Gasteiger charge is -2.51. The van der Waals surface area contributed by atoms with Gasteiger partial charge in [0.05, 0.1) is 12.0 Å². The highest BCUT2D eigenvalue weighted by molar-refractivity contribution is 5.67. The minimum atomic E-state index is -0.731. The number of rotatable bonds is 6. The Morgan fingerprint density at radius 2 is 1.24 bits per heavy atom. The lowest BCUT2D eigenvalue weighted by molar-refractivity contribution is -0.139. The lowest BCUT2D eigenvalue weighted by Crippen LogP contribution is -2.55. The third-order valence-electron chi connectivity index (χ3n) is 6.04. The number of benzene rings is 3. The molecular formula is C26H27NO2. The molecule has 1 aliphatic rings. The third-order valence-corrected chi connectivity index (χ3v) is 6.04. The second-order valence-electron chi connectivity index (χ2n) is 7.75. The van der Waals surface area contributed by atoms with E-state index in [1.165, 1.54) is 16.7 Å². The fourth-order valence-electron chi connectivity index (χ4n) is 4.89. The Hall–Kier alpha value is -2.91. The van der Waals surface area contributed by atoms with Gasteiger partial charge in [0.15, 0.2) is 0 Å². The quantitative estimate of drug-likeness (QED) is 0.585. The molecule has 1 heterocycles. The summed E-state index contributed by atoms with van der Waals surface area (Å²) in [5.41, 5.74) is 3.00. The van der Waals surface area contributed by atoms with E-state index in [1.54, 1.807) is 0 Å². The first-order valence-electron chi connectivity index (χ1n) is 10.4. The Bertz CT molecular complexity index is 828. The zero-order valence-electron chi connectivity index (χ0n) is 16.6. The maximum Gasteiger partial charge on any atom is 0.304 e. The SMILES string of the molecule is O=C(O)CC1CCCCN1C(c1ccccc1)(c1ccccc1)c1ccccc1. The van der Waals surface area contributed by atoms with Gasteiger partial charge in [-0.3, -0.25) is 9.69 Å². The topological polar surface area (TPSA) is 40.5 Å². The molecule has 3 nitrogen and oxygen atoms in total. The Kier molecular flexibility index (Phi) is 5.77. The van der Waals surface area contributed by atoms with Gasteiger partial charge in [-0.2, -0.15) is 0 Å². The van der Waals surface area contributed by atoms with Crippen molar-refractivity contribution in [1.82, 2.24) is 4.90 Å². The summed E-state index contributed by atoms with van der Waals surface area (Å²) in [5.74, 6) is -0.731. The normalized spacial score (nSPS) is 17.7. The van der Waals surface area contributed by atoms with Gasteiger partial charge in [-0.05, 0) is 36.1 Å². The van der Waals surface area contributed by atoms with Crippen LogP contribution in [0.4, 0.5) is 0 Å². The van der Waals surface area contributed by atoms with Crippen LogP contribution in [0.25, 0.3) is 0 Å². The number of piperidine rings is 1. The Balaban J connectivity index is 2.01. The second-order valence-corrected chi connectivity index (χ2v) is 7.75. The molecule has 0 aliphatic carbocycles. The summed E-state index contributed by atoms with van der Waals surface area (Å²) in [5, 5.41) is 9.63. The average molecular weight is 386 g/mol. The van der Waals surface area contributed by atoms with Crippen molar-refractivity contribution < 1.29 is 9.90 Å². The Morgan fingerprint density at radius 1 is 0.793 bits per heavy atom. The van der Waals surface area contributed by atoms with E-state index in [-0.39, 0.29) is 12.5 Å². The van der Waals surface area contributed by atoms with Crippen LogP contribution in [0.15, 0.2) is 91.0 Å². The fourth-order valence-corrected chi connectivity index (χ4v) is 4.89. The van der Waals surface area contributed by atoms with Crippen LogP contribution in [0.1, 0.15) is 42.4 Å². The summed E-state index contributed by atoms with van der Waals surface area (Å²) in [6.45, 7) is 0.872. The molecule has 0 amide bonds. The fraction of sp³-hybridized carbons (Fsp3) is 0.269. The molecule has 4 rings (SSSR count). The highest BCUT2D eigenvalue weighted by atomic mass is 16.4. The first-order chi connectivity index (χ1) is 14.2. The van der Waals surface area contributed by atoms with Crippen LogP contribution in [0.2, 0.25) is 0 Å². The average Bonchev–Trinajstić information content (AvgIpc) is 2.77. The standard InChI is InChI=1S/C26H27NO2/c28-25(29)20-24-18-10-11-19-27(24)26(21-12-4-1-5-13-21,22-14-6-2-7-15-22)23-16-8-3-9-17-23/h1-9,12-17,24H,10-11,18-20H2,(H,28,29). The van der Waals surface area contributed by atoms with Crippen LogP contribution in [0.5, 0.6) is 0 Å². The molecule has 3 heteroatoms. The van der Waals surface area contributed by atoms with Gasteiger partial charge in [0.2, 0.25) is 0 Å². The molecule has 1 atom stereocenters. The summed E-state index contributed by atoms with van der Waals surface area (Å²) in [6, 6.07) is 31.6. The zero-order chi connectivity index (χ0) is 20.1. The van der Waals surface area contributed by atoms with Crippen molar-refractivity contribution in [3.05, 3.63) is 108 Å². The number of hydrogen-bond donors (Lipinski definition) is 1. The molecule has 1 fully saturated rings. The maximum absolute atomic E-state index is 11.7. The Morgan fingerprint density at radius 3 is 1.66 bits per heavy atom. The maximum atomic E-state index is 11.7. The molecule has 3 aromatic rings. The van der Waals surface area contributed by atoms with E-state index < -0.39 is 11.5 Å². The smallest absolute Gasteiger partial charge is 0.304 e. The van der Waals surface area contributed by atoms with Gasteiger partial charge < -0.3 is 5.11 Å². The van der Waals surface area contributed by atoms with Crippen LogP contribution in [-0.2, 0) is 10.3 Å². The molecule has 0 aromatic heterocycles. The van der Waals surface area contributed by atoms with Crippen LogP contribution in [0.3, 0.4) is 0 Å². The molecule has 1 N–H and O–H groups in total. The van der Waals surface area contributed by atoms with Gasteiger partial charge in [0.25, 0.3) is 0 Å². The van der Waals surface area contributed by atoms with Crippen LogP contribution < -0.4 is 0 Å². The van der Waals surface area contributed by atoms with Gasteiger partial charge >= 0.3 is 5.97 Å². The van der Waals surface area contributed by atoms with Crippen molar-refractivity contribution in [2.75, 3.05) is 6.54 Å². The van der Waals surface area contributed by atoms with E-state index in [9.17, 15) is 9.90 Å². The molecular weight excluding hydrogens is 358 g/mol. The number of carbonyl (C=O) groups is 1. The molecule has 1 unspecified atom stereocenters. The van der Waals surface area contributed by atoms with Gasteiger partial charge in [0, 0.05) is 6.04 Å². The molecule has 0 spiro atoms.